The zero-order valence-electron chi connectivity index (χ0n) is 23.8. The topological polar surface area (TPSA) is 112 Å². The van der Waals surface area contributed by atoms with Crippen LogP contribution < -0.4 is 10.6 Å². The Morgan fingerprint density at radius 2 is 1.95 bits per heavy atom. The van der Waals surface area contributed by atoms with Gasteiger partial charge in [-0.05, 0) is 49.4 Å². The fourth-order valence-corrected chi connectivity index (χ4v) is 5.85. The number of amides is 2. The molecule has 2 fully saturated rings. The molecule has 0 unspecified atom stereocenters. The van der Waals surface area contributed by atoms with Crippen LogP contribution in [-0.4, -0.2) is 82.3 Å². The highest BCUT2D eigenvalue weighted by Crippen LogP contribution is 2.38. The molecule has 4 N–H and O–H groups in total. The van der Waals surface area contributed by atoms with Crippen molar-refractivity contribution in [2.75, 3.05) is 39.5 Å². The van der Waals surface area contributed by atoms with Gasteiger partial charge in [0.25, 0.3) is 0 Å². The van der Waals surface area contributed by atoms with Gasteiger partial charge in [-0.3, -0.25) is 0 Å². The third-order valence-electron chi connectivity index (χ3n) is 8.16. The quantitative estimate of drug-likeness (QED) is 0.292. The lowest BCUT2D eigenvalue weighted by Crippen LogP contribution is -2.51. The summed E-state index contributed by atoms with van der Waals surface area (Å²) in [7, 11) is 0. The van der Waals surface area contributed by atoms with Crippen molar-refractivity contribution < 1.29 is 28.5 Å². The Kier molecular flexibility index (Phi) is 9.84. The van der Waals surface area contributed by atoms with E-state index in [0.717, 1.165) is 23.8 Å². The van der Waals surface area contributed by atoms with Gasteiger partial charge >= 0.3 is 6.03 Å². The molecule has 0 bridgehead atoms. The molecule has 0 radical (unpaired) electrons. The number of benzene rings is 2. The van der Waals surface area contributed by atoms with E-state index in [1.165, 1.54) is 0 Å². The van der Waals surface area contributed by atoms with Gasteiger partial charge in [0.1, 0.15) is 17.5 Å². The lowest BCUT2D eigenvalue weighted by atomic mass is 9.89. The second-order valence-corrected chi connectivity index (χ2v) is 11.3. The second-order valence-electron chi connectivity index (χ2n) is 11.3. The average Bonchev–Trinajstić information content (AvgIpc) is 3.60. The van der Waals surface area contributed by atoms with Crippen molar-refractivity contribution in [3.05, 3.63) is 77.8 Å². The summed E-state index contributed by atoms with van der Waals surface area (Å²) in [6.45, 7) is 4.12. The normalized spacial score (nSPS) is 20.8. The number of aromatic nitrogens is 2. The van der Waals surface area contributed by atoms with Gasteiger partial charge in [0, 0.05) is 57.1 Å². The fourth-order valence-electron chi connectivity index (χ4n) is 5.85. The number of rotatable bonds is 10. The van der Waals surface area contributed by atoms with Gasteiger partial charge in [0.15, 0.2) is 0 Å². The first-order chi connectivity index (χ1) is 20.3. The number of aliphatic hydroxyl groups excluding tert-OH is 2. The maximum atomic E-state index is 15.0. The summed E-state index contributed by atoms with van der Waals surface area (Å²) in [6.07, 6.45) is 2.41. The molecule has 9 nitrogen and oxygen atoms in total. The number of carbonyl (C=O) groups excluding carboxylic acids is 1. The smallest absolute Gasteiger partial charge is 0.318 e. The molecule has 3 aromatic rings. The largest absolute Gasteiger partial charge is 0.394 e. The van der Waals surface area contributed by atoms with Gasteiger partial charge in [-0.15, -0.1) is 0 Å². The van der Waals surface area contributed by atoms with Crippen LogP contribution >= 0.6 is 0 Å². The van der Waals surface area contributed by atoms with Crippen LogP contribution in [0, 0.1) is 23.5 Å². The van der Waals surface area contributed by atoms with Gasteiger partial charge < -0.3 is 35.1 Å². The van der Waals surface area contributed by atoms with Crippen molar-refractivity contribution in [3.63, 3.8) is 0 Å². The van der Waals surface area contributed by atoms with Crippen molar-refractivity contribution in [2.45, 2.75) is 44.5 Å². The summed E-state index contributed by atoms with van der Waals surface area (Å²) in [5.74, 6) is -0.908. The predicted molar refractivity (Wildman–Crippen MR) is 154 cm³/mol. The summed E-state index contributed by atoms with van der Waals surface area (Å²) >= 11 is 0. The number of ether oxygens (including phenoxy) is 1. The predicted octanol–water partition coefficient (Wildman–Crippen LogP) is 3.32. The number of aliphatic hydroxyl groups is 2. The van der Waals surface area contributed by atoms with E-state index in [9.17, 15) is 23.8 Å². The molecule has 0 aliphatic carbocycles. The molecule has 2 aliphatic rings. The highest BCUT2D eigenvalue weighted by atomic mass is 19.1. The van der Waals surface area contributed by atoms with Gasteiger partial charge in [0.2, 0.25) is 0 Å². The number of carbonyl (C=O) groups is 1. The third kappa shape index (κ3) is 6.97. The number of hydrogen-bond acceptors (Lipinski definition) is 6. The van der Waals surface area contributed by atoms with Gasteiger partial charge in [-0.1, -0.05) is 30.3 Å². The average molecular weight is 584 g/mol. The molecule has 5 rings (SSSR count). The van der Waals surface area contributed by atoms with Crippen LogP contribution in [0.15, 0.2) is 54.7 Å². The summed E-state index contributed by atoms with van der Waals surface area (Å²) < 4.78 is 36.8. The molecule has 4 atom stereocenters. The SMILES string of the molecule is C[C@@H](CO)NC(=O)N(C[C@@H]1CNC[C@H]1O)[C@@H](c1nc(-c2cc(F)ccc2F)cn1Cc1ccccc1)C1CCOCC1. The van der Waals surface area contributed by atoms with Crippen LogP contribution in [0.25, 0.3) is 11.3 Å². The molecule has 0 saturated carbocycles. The highest BCUT2D eigenvalue weighted by Gasteiger charge is 2.40. The van der Waals surface area contributed by atoms with Crippen LogP contribution in [0.1, 0.15) is 37.2 Å². The van der Waals surface area contributed by atoms with Crippen LogP contribution in [0.5, 0.6) is 0 Å². The number of β-amino-alcohol motifs (C(OH)–C–C–N with tert-alkyl or cyclic N) is 1. The van der Waals surface area contributed by atoms with Gasteiger partial charge in [0.05, 0.1) is 30.5 Å². The molecular weight excluding hydrogens is 544 g/mol. The molecule has 3 heterocycles. The summed E-state index contributed by atoms with van der Waals surface area (Å²) in [4.78, 5) is 20.6. The lowest BCUT2D eigenvalue weighted by molar-refractivity contribution is 0.0221. The Balaban J connectivity index is 1.64. The van der Waals surface area contributed by atoms with Crippen molar-refractivity contribution in [1.82, 2.24) is 25.1 Å². The van der Waals surface area contributed by atoms with E-state index in [2.05, 4.69) is 10.6 Å². The first-order valence-electron chi connectivity index (χ1n) is 14.5. The fraction of sp³-hybridized carbons (Fsp3) is 0.484. The Bertz CT molecular complexity index is 1330. The summed E-state index contributed by atoms with van der Waals surface area (Å²) in [5.41, 5.74) is 1.28. The number of urea groups is 1. The van der Waals surface area contributed by atoms with E-state index in [1.807, 2.05) is 34.9 Å². The zero-order valence-corrected chi connectivity index (χ0v) is 23.8. The van der Waals surface area contributed by atoms with Crippen LogP contribution in [0.2, 0.25) is 0 Å². The lowest BCUT2D eigenvalue weighted by Gasteiger charge is -2.40. The van der Waals surface area contributed by atoms with E-state index >= 15 is 0 Å². The van der Waals surface area contributed by atoms with Crippen molar-refractivity contribution in [2.24, 2.45) is 11.8 Å². The number of nitrogens with one attached hydrogen (secondary N) is 2. The molecule has 2 aromatic carbocycles. The molecular formula is C31H39F2N5O4. The zero-order chi connectivity index (χ0) is 29.6. The van der Waals surface area contributed by atoms with E-state index in [4.69, 9.17) is 9.72 Å². The van der Waals surface area contributed by atoms with Crippen LogP contribution in [0.4, 0.5) is 13.6 Å². The number of hydrogen-bond donors (Lipinski definition) is 4. The third-order valence-corrected chi connectivity index (χ3v) is 8.16. The Morgan fingerprint density at radius 1 is 1.19 bits per heavy atom. The molecule has 0 spiro atoms. The maximum absolute atomic E-state index is 15.0. The molecule has 11 heteroatoms. The molecule has 2 aliphatic heterocycles. The molecule has 2 saturated heterocycles. The molecule has 2 amide bonds. The maximum Gasteiger partial charge on any atom is 0.318 e. The first-order valence-corrected chi connectivity index (χ1v) is 14.5. The Morgan fingerprint density at radius 3 is 2.64 bits per heavy atom. The van der Waals surface area contributed by atoms with Crippen molar-refractivity contribution in [1.29, 1.82) is 0 Å². The van der Waals surface area contributed by atoms with E-state index in [0.29, 0.717) is 51.5 Å². The van der Waals surface area contributed by atoms with Crippen molar-refractivity contribution >= 4 is 6.03 Å². The summed E-state index contributed by atoms with van der Waals surface area (Å²) in [6, 6.07) is 11.6. The van der Waals surface area contributed by atoms with Crippen LogP contribution in [0.3, 0.4) is 0 Å². The number of nitrogens with zero attached hydrogens (tertiary/aromatic N) is 3. The summed E-state index contributed by atoms with van der Waals surface area (Å²) in [5, 5.41) is 26.5. The minimum Gasteiger partial charge on any atom is -0.394 e. The molecule has 226 valence electrons. The van der Waals surface area contributed by atoms with Gasteiger partial charge in [-0.2, -0.15) is 0 Å². The standard InChI is InChI=1S/C31H39F2N5O4/c1-20(19-39)35-31(41)38(17-23-14-34-15-28(23)40)29(22-9-11-42-12-10-22)30-36-27(25-13-24(32)7-8-26(25)33)18-37(30)16-21-5-3-2-4-6-21/h2-8,13,18,20,22-23,28-29,34,39-40H,9-12,14-17,19H2,1H3,(H,35,41)/t20-,23-,28+,29+/m0/s1. The second kappa shape index (κ2) is 13.7. The minimum atomic E-state index is -0.632. The Hall–Kier alpha value is -3.38. The van der Waals surface area contributed by atoms with E-state index in [-0.39, 0.29) is 42.3 Å². The number of imidazole rings is 1. The molecule has 42 heavy (non-hydrogen) atoms. The molecule has 1 aromatic heterocycles. The van der Waals surface area contributed by atoms with E-state index < -0.39 is 29.8 Å². The number of halogens is 2. The highest BCUT2D eigenvalue weighted by molar-refractivity contribution is 5.75. The minimum absolute atomic E-state index is 0.0362. The monoisotopic (exact) mass is 583 g/mol. The van der Waals surface area contributed by atoms with E-state index in [1.54, 1.807) is 18.0 Å². The van der Waals surface area contributed by atoms with Crippen molar-refractivity contribution in [3.8, 4) is 11.3 Å². The van der Waals surface area contributed by atoms with Gasteiger partial charge in [-0.25, -0.2) is 18.6 Å². The van der Waals surface area contributed by atoms with Crippen LogP contribution in [-0.2, 0) is 11.3 Å². The first kappa shape index (κ1) is 30.1. The Labute approximate surface area is 244 Å².